The first-order chi connectivity index (χ1) is 9.70. The Hall–Kier alpha value is -0.770. The van der Waals surface area contributed by atoms with Crippen molar-refractivity contribution in [1.82, 2.24) is 10.0 Å². The molecule has 1 fully saturated rings. The number of imide groups is 1. The van der Waals surface area contributed by atoms with Crippen LogP contribution in [-0.4, -0.2) is 26.3 Å². The fourth-order valence-electron chi connectivity index (χ4n) is 1.89. The van der Waals surface area contributed by atoms with E-state index in [0.717, 1.165) is 5.56 Å². The molecule has 0 aromatic heterocycles. The van der Waals surface area contributed by atoms with Crippen LogP contribution in [-0.2, 0) is 19.6 Å². The van der Waals surface area contributed by atoms with Crippen molar-refractivity contribution >= 4 is 53.7 Å². The van der Waals surface area contributed by atoms with Crippen LogP contribution in [0, 0.1) is 6.92 Å². The molecule has 1 aliphatic heterocycles. The summed E-state index contributed by atoms with van der Waals surface area (Å²) in [6, 6.07) is 2.19. The lowest BCUT2D eigenvalue weighted by atomic mass is 10.1. The van der Waals surface area contributed by atoms with Gasteiger partial charge in [0, 0.05) is 15.4 Å². The van der Waals surface area contributed by atoms with E-state index in [4.69, 9.17) is 0 Å². The summed E-state index contributed by atoms with van der Waals surface area (Å²) >= 11 is 6.49. The molecule has 2 N–H and O–H groups in total. The number of benzene rings is 1. The number of hydrogen-bond acceptors (Lipinski definition) is 4. The summed E-state index contributed by atoms with van der Waals surface area (Å²) in [6.07, 6.45) is 0.256. The van der Waals surface area contributed by atoms with E-state index >= 15 is 0 Å². The molecule has 0 saturated carbocycles. The van der Waals surface area contributed by atoms with Gasteiger partial charge in [-0.25, -0.2) is 8.42 Å². The standard InChI is InChI=1S/C12H12Br2N2O4S/c1-6-4-8(14)10(5-7(6)13)21(19,20)16-9-2-3-11(17)15-12(9)18/h4-5,9,16H,2-3H2,1H3,(H,15,17,18). The largest absolute Gasteiger partial charge is 0.295 e. The van der Waals surface area contributed by atoms with Gasteiger partial charge in [0.25, 0.3) is 0 Å². The Kier molecular flexibility index (Phi) is 4.86. The summed E-state index contributed by atoms with van der Waals surface area (Å²) < 4.78 is 28.1. The maximum absolute atomic E-state index is 12.4. The van der Waals surface area contributed by atoms with Gasteiger partial charge in [0.2, 0.25) is 21.8 Å². The number of amides is 2. The molecule has 1 heterocycles. The van der Waals surface area contributed by atoms with Crippen molar-refractivity contribution in [1.29, 1.82) is 0 Å². The van der Waals surface area contributed by atoms with Gasteiger partial charge in [0.05, 0.1) is 4.90 Å². The van der Waals surface area contributed by atoms with Gasteiger partial charge in [0.15, 0.2) is 0 Å². The average Bonchev–Trinajstić information content (AvgIpc) is 2.37. The Bertz CT molecular complexity index is 718. The smallest absolute Gasteiger partial charge is 0.244 e. The topological polar surface area (TPSA) is 92.3 Å². The van der Waals surface area contributed by atoms with Gasteiger partial charge >= 0.3 is 0 Å². The van der Waals surface area contributed by atoms with Crippen LogP contribution in [0.4, 0.5) is 0 Å². The first-order valence-electron chi connectivity index (χ1n) is 6.02. The van der Waals surface area contributed by atoms with Crippen LogP contribution in [0.5, 0.6) is 0 Å². The quantitative estimate of drug-likeness (QED) is 0.699. The maximum atomic E-state index is 12.4. The molecule has 1 atom stereocenters. The number of rotatable bonds is 3. The third-order valence-electron chi connectivity index (χ3n) is 3.04. The van der Waals surface area contributed by atoms with Crippen LogP contribution in [0.2, 0.25) is 0 Å². The highest BCUT2D eigenvalue weighted by molar-refractivity contribution is 9.11. The Morgan fingerprint density at radius 2 is 1.90 bits per heavy atom. The molecular formula is C12H12Br2N2O4S. The summed E-state index contributed by atoms with van der Waals surface area (Å²) in [4.78, 5) is 22.7. The lowest BCUT2D eigenvalue weighted by Gasteiger charge is -2.22. The van der Waals surface area contributed by atoms with E-state index in [1.165, 1.54) is 6.07 Å². The van der Waals surface area contributed by atoms with E-state index in [9.17, 15) is 18.0 Å². The summed E-state index contributed by atoms with van der Waals surface area (Å²) in [6.45, 7) is 1.83. The minimum atomic E-state index is -3.88. The van der Waals surface area contributed by atoms with Gasteiger partial charge in [0.1, 0.15) is 6.04 Å². The van der Waals surface area contributed by atoms with Crippen LogP contribution in [0.15, 0.2) is 26.0 Å². The van der Waals surface area contributed by atoms with E-state index in [1.807, 2.05) is 6.92 Å². The molecular weight excluding hydrogens is 428 g/mol. The van der Waals surface area contributed by atoms with Gasteiger partial charge in [-0.1, -0.05) is 15.9 Å². The van der Waals surface area contributed by atoms with Gasteiger partial charge in [-0.05, 0) is 47.0 Å². The first kappa shape index (κ1) is 16.6. The number of sulfonamides is 1. The molecule has 0 spiro atoms. The fourth-order valence-corrected chi connectivity index (χ4v) is 4.80. The number of piperidine rings is 1. The van der Waals surface area contributed by atoms with Crippen molar-refractivity contribution in [3.8, 4) is 0 Å². The second-order valence-electron chi connectivity index (χ2n) is 4.66. The number of carbonyl (C=O) groups excluding carboxylic acids is 2. The minimum absolute atomic E-state index is 0.0321. The molecule has 0 bridgehead atoms. The predicted molar refractivity (Wildman–Crippen MR) is 83.1 cm³/mol. The molecule has 2 rings (SSSR count). The van der Waals surface area contributed by atoms with E-state index in [1.54, 1.807) is 6.07 Å². The van der Waals surface area contributed by atoms with Crippen molar-refractivity contribution in [2.24, 2.45) is 0 Å². The number of halogens is 2. The number of hydrogen-bond donors (Lipinski definition) is 2. The Morgan fingerprint density at radius 3 is 2.52 bits per heavy atom. The lowest BCUT2D eigenvalue weighted by molar-refractivity contribution is -0.134. The summed E-state index contributed by atoms with van der Waals surface area (Å²) in [7, 11) is -3.88. The zero-order valence-corrected chi connectivity index (χ0v) is 14.9. The van der Waals surface area contributed by atoms with Gasteiger partial charge in [-0.15, -0.1) is 0 Å². The zero-order valence-electron chi connectivity index (χ0n) is 10.9. The highest BCUT2D eigenvalue weighted by Gasteiger charge is 2.31. The van der Waals surface area contributed by atoms with E-state index < -0.39 is 27.9 Å². The maximum Gasteiger partial charge on any atom is 0.244 e. The van der Waals surface area contributed by atoms with Gasteiger partial charge < -0.3 is 0 Å². The van der Waals surface area contributed by atoms with Crippen LogP contribution in [0.1, 0.15) is 18.4 Å². The molecule has 1 aliphatic rings. The fraction of sp³-hybridized carbons (Fsp3) is 0.333. The normalized spacial score (nSPS) is 19.5. The van der Waals surface area contributed by atoms with Crippen LogP contribution >= 0.6 is 31.9 Å². The molecule has 9 heteroatoms. The van der Waals surface area contributed by atoms with Crippen molar-refractivity contribution in [3.05, 3.63) is 26.6 Å². The van der Waals surface area contributed by atoms with Crippen molar-refractivity contribution < 1.29 is 18.0 Å². The highest BCUT2D eigenvalue weighted by atomic mass is 79.9. The molecule has 6 nitrogen and oxygen atoms in total. The van der Waals surface area contributed by atoms with Crippen molar-refractivity contribution in [3.63, 3.8) is 0 Å². The zero-order chi connectivity index (χ0) is 15.8. The molecule has 1 saturated heterocycles. The van der Waals surface area contributed by atoms with Crippen LogP contribution in [0.25, 0.3) is 0 Å². The van der Waals surface area contributed by atoms with Crippen molar-refractivity contribution in [2.45, 2.75) is 30.7 Å². The average molecular weight is 440 g/mol. The van der Waals surface area contributed by atoms with E-state index in [0.29, 0.717) is 8.95 Å². The molecule has 0 radical (unpaired) electrons. The monoisotopic (exact) mass is 438 g/mol. The molecule has 21 heavy (non-hydrogen) atoms. The molecule has 0 aliphatic carbocycles. The Morgan fingerprint density at radius 1 is 1.24 bits per heavy atom. The molecule has 2 amide bonds. The second-order valence-corrected chi connectivity index (χ2v) is 8.05. The number of aryl methyl sites for hydroxylation is 1. The van der Waals surface area contributed by atoms with Crippen LogP contribution < -0.4 is 10.0 Å². The van der Waals surface area contributed by atoms with Crippen molar-refractivity contribution in [2.75, 3.05) is 0 Å². The second kappa shape index (κ2) is 6.15. The molecule has 1 aromatic carbocycles. The Labute approximate surface area is 139 Å². The summed E-state index contributed by atoms with van der Waals surface area (Å²) in [5.74, 6) is -1.02. The van der Waals surface area contributed by atoms with Crippen LogP contribution in [0.3, 0.4) is 0 Å². The molecule has 1 unspecified atom stereocenters. The van der Waals surface area contributed by atoms with E-state index in [2.05, 4.69) is 41.9 Å². The third-order valence-corrected chi connectivity index (χ3v) is 6.32. The third kappa shape index (κ3) is 3.71. The summed E-state index contributed by atoms with van der Waals surface area (Å²) in [5.41, 5.74) is 0.877. The molecule has 1 aromatic rings. The number of nitrogens with one attached hydrogen (secondary N) is 2. The first-order valence-corrected chi connectivity index (χ1v) is 9.09. The predicted octanol–water partition coefficient (Wildman–Crippen LogP) is 1.60. The number of carbonyl (C=O) groups is 2. The van der Waals surface area contributed by atoms with Gasteiger partial charge in [-0.3, -0.25) is 14.9 Å². The van der Waals surface area contributed by atoms with E-state index in [-0.39, 0.29) is 17.7 Å². The SMILES string of the molecule is Cc1cc(Br)c(S(=O)(=O)NC2CCC(=O)NC2=O)cc1Br. The van der Waals surface area contributed by atoms with Gasteiger partial charge in [-0.2, -0.15) is 4.72 Å². The molecule has 114 valence electrons. The highest BCUT2D eigenvalue weighted by Crippen LogP contribution is 2.29. The Balaban J connectivity index is 2.29. The minimum Gasteiger partial charge on any atom is -0.295 e. The lowest BCUT2D eigenvalue weighted by Crippen LogP contribution is -2.52. The summed E-state index contributed by atoms with van der Waals surface area (Å²) in [5, 5.41) is 2.11.